The van der Waals surface area contributed by atoms with Gasteiger partial charge in [0.15, 0.2) is 0 Å². The van der Waals surface area contributed by atoms with Gasteiger partial charge < -0.3 is 15.4 Å². The van der Waals surface area contributed by atoms with Crippen LogP contribution in [0.25, 0.3) is 0 Å². The Morgan fingerprint density at radius 3 is 2.68 bits per heavy atom. The number of amides is 1. The highest BCUT2D eigenvalue weighted by Crippen LogP contribution is 2.16. The first kappa shape index (κ1) is 15.5. The predicted molar refractivity (Wildman–Crippen MR) is 78.8 cm³/mol. The number of nitrogens with one attached hydrogen (secondary N) is 2. The van der Waals surface area contributed by atoms with Crippen LogP contribution < -0.4 is 10.6 Å². The van der Waals surface area contributed by atoms with Gasteiger partial charge in [0, 0.05) is 30.4 Å². The summed E-state index contributed by atoms with van der Waals surface area (Å²) in [6, 6.07) is 5.70. The maximum absolute atomic E-state index is 12.1. The van der Waals surface area contributed by atoms with E-state index < -0.39 is 0 Å². The van der Waals surface area contributed by atoms with Gasteiger partial charge >= 0.3 is 0 Å². The molecule has 4 heteroatoms. The van der Waals surface area contributed by atoms with Crippen molar-refractivity contribution in [2.45, 2.75) is 33.7 Å². The molecule has 19 heavy (non-hydrogen) atoms. The molecule has 1 atom stereocenters. The summed E-state index contributed by atoms with van der Waals surface area (Å²) in [6.45, 7) is 10.0. The fourth-order valence-electron chi connectivity index (χ4n) is 1.84. The molecule has 1 unspecified atom stereocenters. The molecule has 0 fully saturated rings. The first-order chi connectivity index (χ1) is 9.08. The van der Waals surface area contributed by atoms with E-state index in [1.54, 1.807) is 0 Å². The first-order valence-electron chi connectivity index (χ1n) is 6.81. The quantitative estimate of drug-likeness (QED) is 0.796. The zero-order chi connectivity index (χ0) is 14.3. The van der Waals surface area contributed by atoms with Crippen LogP contribution >= 0.6 is 0 Å². The van der Waals surface area contributed by atoms with Crippen LogP contribution in [-0.2, 0) is 4.74 Å². The normalized spacial score (nSPS) is 12.0. The van der Waals surface area contributed by atoms with E-state index in [4.69, 9.17) is 4.74 Å². The molecule has 0 aliphatic rings. The summed E-state index contributed by atoms with van der Waals surface area (Å²) in [5.74, 6) is -0.0571. The monoisotopic (exact) mass is 264 g/mol. The third-order valence-electron chi connectivity index (χ3n) is 2.81. The summed E-state index contributed by atoms with van der Waals surface area (Å²) in [4.78, 5) is 12.1. The topological polar surface area (TPSA) is 50.4 Å². The van der Waals surface area contributed by atoms with Gasteiger partial charge in [0.1, 0.15) is 0 Å². The van der Waals surface area contributed by atoms with Gasteiger partial charge in [-0.2, -0.15) is 0 Å². The molecule has 0 aromatic heterocycles. The fourth-order valence-corrected chi connectivity index (χ4v) is 1.84. The van der Waals surface area contributed by atoms with E-state index in [9.17, 15) is 4.79 Å². The number of ether oxygens (including phenoxy) is 1. The van der Waals surface area contributed by atoms with Crippen molar-refractivity contribution in [2.24, 2.45) is 0 Å². The van der Waals surface area contributed by atoms with Crippen molar-refractivity contribution in [2.75, 3.05) is 25.1 Å². The second-order valence-electron chi connectivity index (χ2n) is 4.59. The van der Waals surface area contributed by atoms with Crippen molar-refractivity contribution in [3.8, 4) is 0 Å². The molecule has 1 rings (SSSR count). The van der Waals surface area contributed by atoms with Crippen molar-refractivity contribution in [1.29, 1.82) is 0 Å². The SMILES string of the molecule is CCNc1ccc(C(=O)NC(C)COCC)cc1C. The van der Waals surface area contributed by atoms with E-state index in [1.165, 1.54) is 0 Å². The molecule has 0 saturated carbocycles. The Balaban J connectivity index is 2.64. The zero-order valence-corrected chi connectivity index (χ0v) is 12.2. The Hall–Kier alpha value is -1.55. The molecule has 0 heterocycles. The fraction of sp³-hybridized carbons (Fsp3) is 0.533. The largest absolute Gasteiger partial charge is 0.385 e. The van der Waals surface area contributed by atoms with Crippen LogP contribution in [0.15, 0.2) is 18.2 Å². The van der Waals surface area contributed by atoms with Crippen LogP contribution in [0.1, 0.15) is 36.7 Å². The highest BCUT2D eigenvalue weighted by atomic mass is 16.5. The van der Waals surface area contributed by atoms with Gasteiger partial charge in [0.2, 0.25) is 0 Å². The van der Waals surface area contributed by atoms with E-state index in [0.717, 1.165) is 17.8 Å². The molecule has 1 aromatic carbocycles. The highest BCUT2D eigenvalue weighted by Gasteiger charge is 2.10. The smallest absolute Gasteiger partial charge is 0.251 e. The summed E-state index contributed by atoms with van der Waals surface area (Å²) >= 11 is 0. The minimum absolute atomic E-state index is 0.0150. The lowest BCUT2D eigenvalue weighted by molar-refractivity contribution is 0.0872. The zero-order valence-electron chi connectivity index (χ0n) is 12.2. The molecule has 1 aromatic rings. The van der Waals surface area contributed by atoms with Gasteiger partial charge in [-0.05, 0) is 51.5 Å². The highest BCUT2D eigenvalue weighted by molar-refractivity contribution is 5.95. The number of anilines is 1. The number of carbonyl (C=O) groups is 1. The maximum atomic E-state index is 12.1. The second kappa shape index (κ2) is 7.79. The first-order valence-corrected chi connectivity index (χ1v) is 6.81. The maximum Gasteiger partial charge on any atom is 0.251 e. The molecular weight excluding hydrogens is 240 g/mol. The minimum atomic E-state index is -0.0571. The number of hydrogen-bond donors (Lipinski definition) is 2. The molecule has 0 radical (unpaired) electrons. The van der Waals surface area contributed by atoms with Crippen molar-refractivity contribution >= 4 is 11.6 Å². The molecule has 1 amide bonds. The molecule has 0 saturated heterocycles. The van der Waals surface area contributed by atoms with Crippen LogP contribution in [0.2, 0.25) is 0 Å². The Bertz CT molecular complexity index is 419. The molecule has 0 aliphatic heterocycles. The van der Waals surface area contributed by atoms with Crippen LogP contribution in [0.5, 0.6) is 0 Å². The number of carbonyl (C=O) groups excluding carboxylic acids is 1. The molecular formula is C15H24N2O2. The minimum Gasteiger partial charge on any atom is -0.385 e. The summed E-state index contributed by atoms with van der Waals surface area (Å²) in [6.07, 6.45) is 0. The lowest BCUT2D eigenvalue weighted by atomic mass is 10.1. The Kier molecular flexibility index (Phi) is 6.36. The number of benzene rings is 1. The van der Waals surface area contributed by atoms with E-state index >= 15 is 0 Å². The second-order valence-corrected chi connectivity index (χ2v) is 4.59. The van der Waals surface area contributed by atoms with E-state index in [-0.39, 0.29) is 11.9 Å². The summed E-state index contributed by atoms with van der Waals surface area (Å²) < 4.78 is 5.28. The Labute approximate surface area is 115 Å². The Morgan fingerprint density at radius 2 is 2.11 bits per heavy atom. The number of rotatable bonds is 7. The number of hydrogen-bond acceptors (Lipinski definition) is 3. The number of aryl methyl sites for hydroxylation is 1. The van der Waals surface area contributed by atoms with Gasteiger partial charge in [-0.15, -0.1) is 0 Å². The van der Waals surface area contributed by atoms with Crippen LogP contribution in [0.3, 0.4) is 0 Å². The average molecular weight is 264 g/mol. The van der Waals surface area contributed by atoms with Crippen LogP contribution in [-0.4, -0.2) is 31.7 Å². The van der Waals surface area contributed by atoms with Gasteiger partial charge in [0.25, 0.3) is 5.91 Å². The van der Waals surface area contributed by atoms with Crippen molar-refractivity contribution in [3.05, 3.63) is 29.3 Å². The Morgan fingerprint density at radius 1 is 1.37 bits per heavy atom. The van der Waals surface area contributed by atoms with E-state index in [1.807, 2.05) is 39.0 Å². The van der Waals surface area contributed by atoms with Gasteiger partial charge in [-0.25, -0.2) is 0 Å². The van der Waals surface area contributed by atoms with Crippen LogP contribution in [0.4, 0.5) is 5.69 Å². The standard InChI is InChI=1S/C15H24N2O2/c1-5-16-14-8-7-13(9-11(14)3)15(18)17-12(4)10-19-6-2/h7-9,12,16H,5-6,10H2,1-4H3,(H,17,18). The predicted octanol–water partition coefficient (Wildman–Crippen LogP) is 2.58. The molecule has 4 nitrogen and oxygen atoms in total. The third-order valence-corrected chi connectivity index (χ3v) is 2.81. The average Bonchev–Trinajstić information content (AvgIpc) is 2.38. The van der Waals surface area contributed by atoms with E-state index in [0.29, 0.717) is 18.8 Å². The summed E-state index contributed by atoms with van der Waals surface area (Å²) in [7, 11) is 0. The van der Waals surface area contributed by atoms with Gasteiger partial charge in [-0.3, -0.25) is 4.79 Å². The third kappa shape index (κ3) is 4.91. The summed E-state index contributed by atoms with van der Waals surface area (Å²) in [5.41, 5.74) is 2.83. The van der Waals surface area contributed by atoms with E-state index in [2.05, 4.69) is 17.6 Å². The molecule has 0 aliphatic carbocycles. The molecule has 0 bridgehead atoms. The lowest BCUT2D eigenvalue weighted by Crippen LogP contribution is -2.35. The molecule has 2 N–H and O–H groups in total. The van der Waals surface area contributed by atoms with Crippen molar-refractivity contribution in [1.82, 2.24) is 5.32 Å². The molecule has 106 valence electrons. The van der Waals surface area contributed by atoms with Crippen LogP contribution in [0, 0.1) is 6.92 Å². The van der Waals surface area contributed by atoms with Crippen molar-refractivity contribution in [3.63, 3.8) is 0 Å². The van der Waals surface area contributed by atoms with Crippen molar-refractivity contribution < 1.29 is 9.53 Å². The summed E-state index contributed by atoms with van der Waals surface area (Å²) in [5, 5.41) is 6.18. The van der Waals surface area contributed by atoms with Gasteiger partial charge in [-0.1, -0.05) is 0 Å². The molecule has 0 spiro atoms. The lowest BCUT2D eigenvalue weighted by Gasteiger charge is -2.14. The van der Waals surface area contributed by atoms with Gasteiger partial charge in [0.05, 0.1) is 6.61 Å².